The lowest BCUT2D eigenvalue weighted by Crippen LogP contribution is -2.45. The maximum absolute atomic E-state index is 12.7. The molecule has 0 aliphatic carbocycles. The highest BCUT2D eigenvalue weighted by Crippen LogP contribution is 2.21. The second-order valence-corrected chi connectivity index (χ2v) is 5.62. The smallest absolute Gasteiger partial charge is 0.244 e. The second-order valence-electron chi connectivity index (χ2n) is 5.62. The van der Waals surface area contributed by atoms with Crippen LogP contribution in [0.4, 0.5) is 0 Å². The van der Waals surface area contributed by atoms with Gasteiger partial charge in [0.05, 0.1) is 12.8 Å². The molecule has 1 aliphatic rings. The fourth-order valence-corrected chi connectivity index (χ4v) is 2.89. The molecule has 1 aliphatic heterocycles. The van der Waals surface area contributed by atoms with Crippen LogP contribution in [0.25, 0.3) is 0 Å². The molecular weight excluding hydrogens is 268 g/mol. The number of rotatable bonds is 6. The van der Waals surface area contributed by atoms with Crippen LogP contribution in [0.15, 0.2) is 12.4 Å². The van der Waals surface area contributed by atoms with Crippen LogP contribution in [-0.4, -0.2) is 53.9 Å². The molecule has 21 heavy (non-hydrogen) atoms. The van der Waals surface area contributed by atoms with Crippen molar-refractivity contribution < 1.29 is 9.53 Å². The van der Waals surface area contributed by atoms with Gasteiger partial charge in [-0.3, -0.25) is 9.48 Å². The van der Waals surface area contributed by atoms with Gasteiger partial charge in [-0.2, -0.15) is 5.10 Å². The number of carbonyl (C=O) groups excluding carboxylic acids is 1. The molecule has 1 N–H and O–H groups in total. The highest BCUT2D eigenvalue weighted by atomic mass is 16.5. The Kier molecular flexibility index (Phi) is 5.76. The van der Waals surface area contributed by atoms with Gasteiger partial charge in [-0.15, -0.1) is 0 Å². The highest BCUT2D eigenvalue weighted by molar-refractivity contribution is 5.83. The second kappa shape index (κ2) is 7.56. The van der Waals surface area contributed by atoms with E-state index in [0.717, 1.165) is 44.7 Å². The first-order chi connectivity index (χ1) is 10.2. The van der Waals surface area contributed by atoms with Gasteiger partial charge in [0.25, 0.3) is 0 Å². The van der Waals surface area contributed by atoms with Crippen molar-refractivity contribution in [3.05, 3.63) is 18.0 Å². The number of likely N-dealkylation sites (N-methyl/N-ethyl adjacent to an activating group) is 1. The van der Waals surface area contributed by atoms with Crippen molar-refractivity contribution in [2.45, 2.75) is 25.8 Å². The molecule has 0 aromatic carbocycles. The number of nitrogens with one attached hydrogen (secondary N) is 1. The summed E-state index contributed by atoms with van der Waals surface area (Å²) in [4.78, 5) is 14.7. The van der Waals surface area contributed by atoms with E-state index >= 15 is 0 Å². The van der Waals surface area contributed by atoms with E-state index in [0.29, 0.717) is 5.92 Å². The minimum Gasteiger partial charge on any atom is -0.381 e. The summed E-state index contributed by atoms with van der Waals surface area (Å²) in [5.41, 5.74) is 0.914. The lowest BCUT2D eigenvalue weighted by atomic mass is 9.97. The first-order valence-electron chi connectivity index (χ1n) is 7.68. The summed E-state index contributed by atoms with van der Waals surface area (Å²) in [7, 11) is 3.68. The number of likely N-dealkylation sites (tertiary alicyclic amines) is 1. The molecule has 2 unspecified atom stereocenters. The molecule has 1 amide bonds. The van der Waals surface area contributed by atoms with Crippen molar-refractivity contribution in [1.82, 2.24) is 20.0 Å². The van der Waals surface area contributed by atoms with Crippen LogP contribution >= 0.6 is 0 Å². The summed E-state index contributed by atoms with van der Waals surface area (Å²) >= 11 is 0. The number of aryl methyl sites for hydroxylation is 1. The zero-order valence-electron chi connectivity index (χ0n) is 13.2. The largest absolute Gasteiger partial charge is 0.381 e. The van der Waals surface area contributed by atoms with Gasteiger partial charge in [0.15, 0.2) is 0 Å². The number of piperidine rings is 1. The van der Waals surface area contributed by atoms with E-state index in [-0.39, 0.29) is 11.9 Å². The number of amides is 1. The zero-order valence-corrected chi connectivity index (χ0v) is 13.2. The van der Waals surface area contributed by atoms with Gasteiger partial charge in [0.2, 0.25) is 5.91 Å². The normalized spacial score (nSPS) is 20.5. The lowest BCUT2D eigenvalue weighted by molar-refractivity contribution is -0.135. The summed E-state index contributed by atoms with van der Waals surface area (Å²) in [5, 5.41) is 7.27. The van der Waals surface area contributed by atoms with Gasteiger partial charge >= 0.3 is 0 Å². The van der Waals surface area contributed by atoms with Crippen LogP contribution in [0.2, 0.25) is 0 Å². The van der Waals surface area contributed by atoms with E-state index < -0.39 is 0 Å². The van der Waals surface area contributed by atoms with E-state index in [1.807, 2.05) is 32.1 Å². The maximum atomic E-state index is 12.7. The SMILES string of the molecule is CCOCC1CCCN(C(=O)C(NC)c2cnn(C)c2)C1. The predicted octanol–water partition coefficient (Wildman–Crippen LogP) is 0.956. The molecule has 6 heteroatoms. The Morgan fingerprint density at radius 3 is 3.05 bits per heavy atom. The Hall–Kier alpha value is -1.40. The molecule has 6 nitrogen and oxygen atoms in total. The van der Waals surface area contributed by atoms with Gasteiger partial charge in [-0.1, -0.05) is 0 Å². The van der Waals surface area contributed by atoms with E-state index in [9.17, 15) is 4.79 Å². The van der Waals surface area contributed by atoms with Crippen LogP contribution in [0.3, 0.4) is 0 Å². The quantitative estimate of drug-likeness (QED) is 0.849. The van der Waals surface area contributed by atoms with Crippen molar-refractivity contribution in [2.24, 2.45) is 13.0 Å². The monoisotopic (exact) mass is 294 g/mol. The Labute approximate surface area is 126 Å². The third-order valence-corrected chi connectivity index (χ3v) is 3.98. The average Bonchev–Trinajstić information content (AvgIpc) is 2.92. The molecule has 0 saturated carbocycles. The summed E-state index contributed by atoms with van der Waals surface area (Å²) < 4.78 is 7.23. The van der Waals surface area contributed by atoms with Crippen molar-refractivity contribution >= 4 is 5.91 Å². The lowest BCUT2D eigenvalue weighted by Gasteiger charge is -2.34. The molecule has 1 aromatic rings. The van der Waals surface area contributed by atoms with Gasteiger partial charge in [0, 0.05) is 38.5 Å². The van der Waals surface area contributed by atoms with Crippen LogP contribution in [0.5, 0.6) is 0 Å². The van der Waals surface area contributed by atoms with Crippen LogP contribution in [0.1, 0.15) is 31.4 Å². The summed E-state index contributed by atoms with van der Waals surface area (Å²) in [6.07, 6.45) is 5.83. The first-order valence-corrected chi connectivity index (χ1v) is 7.68. The van der Waals surface area contributed by atoms with Gasteiger partial charge in [0.1, 0.15) is 6.04 Å². The Balaban J connectivity index is 2.00. The third kappa shape index (κ3) is 4.04. The van der Waals surface area contributed by atoms with E-state index in [1.165, 1.54) is 0 Å². The first kappa shape index (κ1) is 16.0. The van der Waals surface area contributed by atoms with E-state index in [4.69, 9.17) is 4.74 Å². The predicted molar refractivity (Wildman–Crippen MR) is 80.8 cm³/mol. The van der Waals surface area contributed by atoms with Crippen LogP contribution in [0, 0.1) is 5.92 Å². The van der Waals surface area contributed by atoms with Crippen LogP contribution < -0.4 is 5.32 Å². The summed E-state index contributed by atoms with van der Waals surface area (Å²) in [5.74, 6) is 0.584. The summed E-state index contributed by atoms with van der Waals surface area (Å²) in [6.45, 7) is 5.11. The molecule has 118 valence electrons. The van der Waals surface area contributed by atoms with Crippen LogP contribution in [-0.2, 0) is 16.6 Å². The van der Waals surface area contributed by atoms with Crippen molar-refractivity contribution in [3.63, 3.8) is 0 Å². The zero-order chi connectivity index (χ0) is 15.2. The highest BCUT2D eigenvalue weighted by Gasteiger charge is 2.29. The molecule has 0 spiro atoms. The molecule has 2 heterocycles. The molecule has 1 saturated heterocycles. The fourth-order valence-electron chi connectivity index (χ4n) is 2.89. The van der Waals surface area contributed by atoms with Crippen molar-refractivity contribution in [2.75, 3.05) is 33.4 Å². The minimum atomic E-state index is -0.315. The number of nitrogens with zero attached hydrogens (tertiary/aromatic N) is 3. The number of aromatic nitrogens is 2. The fraction of sp³-hybridized carbons (Fsp3) is 0.733. The van der Waals surface area contributed by atoms with Gasteiger partial charge in [-0.25, -0.2) is 0 Å². The van der Waals surface area contributed by atoms with E-state index in [1.54, 1.807) is 10.9 Å². The molecule has 1 fully saturated rings. The van der Waals surface area contributed by atoms with E-state index in [2.05, 4.69) is 10.4 Å². The Morgan fingerprint density at radius 2 is 2.43 bits per heavy atom. The third-order valence-electron chi connectivity index (χ3n) is 3.98. The van der Waals surface area contributed by atoms with Crippen molar-refractivity contribution in [3.8, 4) is 0 Å². The molecule has 2 rings (SSSR count). The minimum absolute atomic E-state index is 0.131. The number of carbonyl (C=O) groups is 1. The number of hydrogen-bond acceptors (Lipinski definition) is 4. The molecule has 1 aromatic heterocycles. The topological polar surface area (TPSA) is 59.4 Å². The number of hydrogen-bond donors (Lipinski definition) is 1. The van der Waals surface area contributed by atoms with Gasteiger partial charge < -0.3 is 15.0 Å². The van der Waals surface area contributed by atoms with Crippen molar-refractivity contribution in [1.29, 1.82) is 0 Å². The summed E-state index contributed by atoms with van der Waals surface area (Å²) in [6, 6.07) is -0.315. The standard InChI is InChI=1S/C15H26N4O2/c1-4-21-11-12-6-5-7-19(9-12)15(20)14(16-2)13-8-17-18(3)10-13/h8,10,12,14,16H,4-7,9,11H2,1-3H3. The average molecular weight is 294 g/mol. The number of ether oxygens (including phenoxy) is 1. The molecule has 2 atom stereocenters. The molecule has 0 radical (unpaired) electrons. The molecule has 0 bridgehead atoms. The Morgan fingerprint density at radius 1 is 1.62 bits per heavy atom. The molecular formula is C15H26N4O2. The maximum Gasteiger partial charge on any atom is 0.244 e. The Bertz CT molecular complexity index is 460. The van der Waals surface area contributed by atoms with Gasteiger partial charge in [-0.05, 0) is 32.7 Å².